The molecule has 106 valence electrons. The number of carboxylic acids is 1. The number of sulfonamides is 1. The number of thiophene rings is 1. The maximum absolute atomic E-state index is 12.5. The molecule has 0 radical (unpaired) electrons. The zero-order valence-corrected chi connectivity index (χ0v) is 13.5. The Morgan fingerprint density at radius 1 is 1.58 bits per heavy atom. The molecule has 1 aromatic rings. The van der Waals surface area contributed by atoms with Crippen LogP contribution in [0.1, 0.15) is 17.7 Å². The van der Waals surface area contributed by atoms with Crippen molar-refractivity contribution in [3.05, 3.63) is 15.4 Å². The summed E-state index contributed by atoms with van der Waals surface area (Å²) in [5, 5.41) is 9.02. The van der Waals surface area contributed by atoms with Gasteiger partial charge < -0.3 is 5.11 Å². The van der Waals surface area contributed by atoms with Crippen LogP contribution in [-0.2, 0) is 14.8 Å². The molecule has 2 heterocycles. The monoisotopic (exact) mass is 367 g/mol. The van der Waals surface area contributed by atoms with Gasteiger partial charge in [-0.2, -0.15) is 4.31 Å². The average molecular weight is 368 g/mol. The largest absolute Gasteiger partial charge is 0.481 e. The first-order valence-corrected chi connectivity index (χ1v) is 8.86. The molecule has 0 spiro atoms. The third-order valence-corrected chi connectivity index (χ3v) is 7.66. The zero-order valence-electron chi connectivity index (χ0n) is 10.3. The van der Waals surface area contributed by atoms with Crippen LogP contribution in [0.4, 0.5) is 0 Å². The SMILES string of the molecule is Cc1cc(Br)c(S(=O)(=O)N2CCCC(C(=O)O)C2)s1. The lowest BCUT2D eigenvalue weighted by molar-refractivity contribution is -0.142. The molecule has 1 N–H and O–H groups in total. The van der Waals surface area contributed by atoms with Crippen LogP contribution >= 0.6 is 27.3 Å². The molecule has 2 rings (SSSR count). The summed E-state index contributed by atoms with van der Waals surface area (Å²) in [6.45, 7) is 2.28. The van der Waals surface area contributed by atoms with Crippen molar-refractivity contribution in [1.82, 2.24) is 4.31 Å². The van der Waals surface area contributed by atoms with Gasteiger partial charge in [0.05, 0.1) is 5.92 Å². The fraction of sp³-hybridized carbons (Fsp3) is 0.545. The molecule has 0 amide bonds. The third kappa shape index (κ3) is 3.01. The van der Waals surface area contributed by atoms with Crippen LogP contribution in [0, 0.1) is 12.8 Å². The summed E-state index contributed by atoms with van der Waals surface area (Å²) >= 11 is 4.45. The molecule has 8 heteroatoms. The molecular formula is C11H14BrNO4S2. The van der Waals surface area contributed by atoms with Gasteiger partial charge in [0, 0.05) is 22.4 Å². The van der Waals surface area contributed by atoms with Crippen molar-refractivity contribution in [2.45, 2.75) is 24.0 Å². The van der Waals surface area contributed by atoms with Crippen LogP contribution in [0.2, 0.25) is 0 Å². The molecule has 1 unspecified atom stereocenters. The van der Waals surface area contributed by atoms with E-state index in [1.165, 1.54) is 15.6 Å². The predicted molar refractivity (Wildman–Crippen MR) is 75.9 cm³/mol. The van der Waals surface area contributed by atoms with Gasteiger partial charge in [0.1, 0.15) is 4.21 Å². The zero-order chi connectivity index (χ0) is 14.2. The van der Waals surface area contributed by atoms with Gasteiger partial charge in [-0.1, -0.05) is 0 Å². The molecule has 1 aliphatic heterocycles. The van der Waals surface area contributed by atoms with Crippen LogP contribution in [-0.4, -0.2) is 36.9 Å². The molecule has 0 saturated carbocycles. The van der Waals surface area contributed by atoms with Crippen LogP contribution in [0.5, 0.6) is 0 Å². The van der Waals surface area contributed by atoms with E-state index in [0.29, 0.717) is 23.9 Å². The van der Waals surface area contributed by atoms with E-state index >= 15 is 0 Å². The minimum absolute atomic E-state index is 0.0566. The Labute approximate surface area is 124 Å². The lowest BCUT2D eigenvalue weighted by atomic mass is 10.0. The number of hydrogen-bond donors (Lipinski definition) is 1. The highest BCUT2D eigenvalue weighted by Crippen LogP contribution is 2.34. The predicted octanol–water partition coefficient (Wildman–Crippen LogP) is 2.30. The number of aliphatic carboxylic acids is 1. The summed E-state index contributed by atoms with van der Waals surface area (Å²) in [5.41, 5.74) is 0. The van der Waals surface area contributed by atoms with E-state index in [1.807, 2.05) is 6.92 Å². The number of rotatable bonds is 3. The van der Waals surface area contributed by atoms with Crippen LogP contribution < -0.4 is 0 Å². The number of halogens is 1. The summed E-state index contributed by atoms with van der Waals surface area (Å²) in [4.78, 5) is 11.9. The highest BCUT2D eigenvalue weighted by molar-refractivity contribution is 9.10. The number of piperidine rings is 1. The smallest absolute Gasteiger partial charge is 0.307 e. The molecule has 1 fully saturated rings. The first kappa shape index (κ1) is 15.0. The number of hydrogen-bond acceptors (Lipinski definition) is 4. The van der Waals surface area contributed by atoms with Crippen molar-refractivity contribution in [3.63, 3.8) is 0 Å². The average Bonchev–Trinajstić information content (AvgIpc) is 2.69. The van der Waals surface area contributed by atoms with Crippen LogP contribution in [0.15, 0.2) is 14.7 Å². The Morgan fingerprint density at radius 2 is 2.26 bits per heavy atom. The van der Waals surface area contributed by atoms with Gasteiger partial charge in [-0.3, -0.25) is 4.79 Å². The van der Waals surface area contributed by atoms with Gasteiger partial charge in [-0.15, -0.1) is 11.3 Å². The highest BCUT2D eigenvalue weighted by Gasteiger charge is 2.35. The second-order valence-electron chi connectivity index (χ2n) is 4.53. The van der Waals surface area contributed by atoms with Gasteiger partial charge in [0.2, 0.25) is 0 Å². The van der Waals surface area contributed by atoms with E-state index in [4.69, 9.17) is 5.11 Å². The molecule has 1 saturated heterocycles. The van der Waals surface area contributed by atoms with Crippen molar-refractivity contribution in [1.29, 1.82) is 0 Å². The molecule has 0 aliphatic carbocycles. The van der Waals surface area contributed by atoms with Crippen molar-refractivity contribution >= 4 is 43.3 Å². The number of nitrogens with zero attached hydrogens (tertiary/aromatic N) is 1. The third-order valence-electron chi connectivity index (χ3n) is 3.09. The summed E-state index contributed by atoms with van der Waals surface area (Å²) in [7, 11) is -3.60. The molecule has 0 aromatic carbocycles. The van der Waals surface area contributed by atoms with Crippen molar-refractivity contribution < 1.29 is 18.3 Å². The van der Waals surface area contributed by atoms with Crippen LogP contribution in [0.25, 0.3) is 0 Å². The molecule has 1 aliphatic rings. The van der Waals surface area contributed by atoms with Gasteiger partial charge in [0.25, 0.3) is 10.0 Å². The molecule has 1 atom stereocenters. The lowest BCUT2D eigenvalue weighted by Gasteiger charge is -2.29. The fourth-order valence-electron chi connectivity index (χ4n) is 2.12. The number of carbonyl (C=O) groups is 1. The lowest BCUT2D eigenvalue weighted by Crippen LogP contribution is -2.42. The normalized spacial score (nSPS) is 21.5. The van der Waals surface area contributed by atoms with Crippen molar-refractivity contribution in [3.8, 4) is 0 Å². The van der Waals surface area contributed by atoms with Gasteiger partial charge in [0.15, 0.2) is 0 Å². The summed E-state index contributed by atoms with van der Waals surface area (Å²) in [6.07, 6.45) is 1.12. The molecular weight excluding hydrogens is 354 g/mol. The van der Waals surface area contributed by atoms with Crippen LogP contribution in [0.3, 0.4) is 0 Å². The Morgan fingerprint density at radius 3 is 2.79 bits per heavy atom. The minimum Gasteiger partial charge on any atom is -0.481 e. The van der Waals surface area contributed by atoms with Gasteiger partial charge >= 0.3 is 5.97 Å². The Hall–Kier alpha value is -0.440. The topological polar surface area (TPSA) is 74.7 Å². The van der Waals surface area contributed by atoms with Crippen molar-refractivity contribution in [2.24, 2.45) is 5.92 Å². The van der Waals surface area contributed by atoms with Gasteiger partial charge in [-0.05, 0) is 41.8 Å². The highest BCUT2D eigenvalue weighted by atomic mass is 79.9. The summed E-state index contributed by atoms with van der Waals surface area (Å²) in [5.74, 6) is -1.54. The molecule has 5 nitrogen and oxygen atoms in total. The Balaban J connectivity index is 2.29. The number of carboxylic acid groups (broad SMARTS) is 1. The van der Waals surface area contributed by atoms with E-state index in [1.54, 1.807) is 6.07 Å². The first-order chi connectivity index (χ1) is 8.82. The molecule has 19 heavy (non-hydrogen) atoms. The first-order valence-electron chi connectivity index (χ1n) is 5.81. The van der Waals surface area contributed by atoms with E-state index in [-0.39, 0.29) is 10.8 Å². The Kier molecular flexibility index (Phi) is 4.34. The van der Waals surface area contributed by atoms with E-state index < -0.39 is 21.9 Å². The standard InChI is InChI=1S/C11H14BrNO4S2/c1-7-5-9(12)11(18-7)19(16,17)13-4-2-3-8(6-13)10(14)15/h5,8H,2-4,6H2,1H3,(H,14,15). The second-order valence-corrected chi connectivity index (χ2v) is 8.78. The Bertz CT molecular complexity index is 596. The van der Waals surface area contributed by atoms with Crippen molar-refractivity contribution in [2.75, 3.05) is 13.1 Å². The summed E-state index contributed by atoms with van der Waals surface area (Å²) in [6, 6.07) is 1.76. The second kappa shape index (κ2) is 5.51. The summed E-state index contributed by atoms with van der Waals surface area (Å²) < 4.78 is 27.1. The van der Waals surface area contributed by atoms with E-state index in [2.05, 4.69) is 15.9 Å². The quantitative estimate of drug-likeness (QED) is 0.889. The van der Waals surface area contributed by atoms with Gasteiger partial charge in [-0.25, -0.2) is 8.42 Å². The minimum atomic E-state index is -3.60. The maximum atomic E-state index is 12.5. The molecule has 1 aromatic heterocycles. The molecule has 0 bridgehead atoms. The number of aryl methyl sites for hydroxylation is 1. The van der Waals surface area contributed by atoms with E-state index in [0.717, 1.165) is 4.88 Å². The maximum Gasteiger partial charge on any atom is 0.307 e. The van der Waals surface area contributed by atoms with E-state index in [9.17, 15) is 13.2 Å². The fourth-order valence-corrected chi connectivity index (χ4v) is 6.51.